The Hall–Kier alpha value is -2.84. The van der Waals surface area contributed by atoms with Gasteiger partial charge in [0.1, 0.15) is 16.7 Å². The number of aliphatic carboxylic acids is 1. The highest BCUT2D eigenvalue weighted by atomic mass is 35.5. The zero-order chi connectivity index (χ0) is 18.7. The third-order valence-corrected chi connectivity index (χ3v) is 3.61. The molecule has 0 unspecified atom stereocenters. The number of carboxylic acids is 1. The quantitative estimate of drug-likeness (QED) is 0.532. The molecule has 0 saturated heterocycles. The molecule has 9 heteroatoms. The van der Waals surface area contributed by atoms with Crippen LogP contribution in [-0.2, 0) is 27.4 Å². The Labute approximate surface area is 145 Å². The van der Waals surface area contributed by atoms with Crippen LogP contribution in [0.3, 0.4) is 0 Å². The molecule has 1 heterocycles. The van der Waals surface area contributed by atoms with Crippen molar-refractivity contribution in [2.24, 2.45) is 0 Å². The van der Waals surface area contributed by atoms with Crippen molar-refractivity contribution in [3.8, 4) is 5.75 Å². The summed E-state index contributed by atoms with van der Waals surface area (Å²) in [6.45, 7) is -0.425. The summed E-state index contributed by atoms with van der Waals surface area (Å²) in [7, 11) is 1.12. The summed E-state index contributed by atoms with van der Waals surface area (Å²) in [5.41, 5.74) is -0.873. The lowest BCUT2D eigenvalue weighted by molar-refractivity contribution is -0.139. The highest BCUT2D eigenvalue weighted by Crippen LogP contribution is 2.30. The Kier molecular flexibility index (Phi) is 5.45. The Morgan fingerprint density at radius 3 is 2.60 bits per heavy atom. The number of hydrogen-bond donors (Lipinski definition) is 3. The number of phenols is 1. The van der Waals surface area contributed by atoms with Crippen LogP contribution in [-0.4, -0.2) is 34.4 Å². The van der Waals surface area contributed by atoms with Crippen LogP contribution >= 0.6 is 11.6 Å². The van der Waals surface area contributed by atoms with Gasteiger partial charge in [0, 0.05) is 6.08 Å². The molecule has 0 aliphatic rings. The summed E-state index contributed by atoms with van der Waals surface area (Å²) >= 11 is 5.90. The monoisotopic (exact) mass is 368 g/mol. The standard InChI is InChI=1S/C16H13ClO8/c1-24-13(22)4-8-15(23)14-10(19)2-7(6-18)3-11(14)25-16(8)9(17)5-12(20)21/h2-3,5,18-19H,4,6H2,1H3,(H,20,21)/b9-5+. The second kappa shape index (κ2) is 7.37. The fourth-order valence-electron chi connectivity index (χ4n) is 2.23. The van der Waals surface area contributed by atoms with Crippen molar-refractivity contribution >= 4 is 39.5 Å². The van der Waals surface area contributed by atoms with Gasteiger partial charge in [-0.2, -0.15) is 0 Å². The molecule has 25 heavy (non-hydrogen) atoms. The van der Waals surface area contributed by atoms with Gasteiger partial charge in [-0.05, 0) is 17.7 Å². The van der Waals surface area contributed by atoms with E-state index in [1.54, 1.807) is 0 Å². The molecule has 0 aliphatic heterocycles. The maximum atomic E-state index is 12.7. The lowest BCUT2D eigenvalue weighted by Crippen LogP contribution is -2.18. The first kappa shape index (κ1) is 18.5. The minimum absolute atomic E-state index is 0.116. The van der Waals surface area contributed by atoms with Crippen LogP contribution in [0.15, 0.2) is 27.4 Å². The number of carbonyl (C=O) groups is 2. The van der Waals surface area contributed by atoms with Gasteiger partial charge in [0.15, 0.2) is 5.76 Å². The molecule has 0 spiro atoms. The number of aliphatic hydroxyl groups excluding tert-OH is 1. The van der Waals surface area contributed by atoms with Crippen molar-refractivity contribution in [3.05, 3.63) is 45.3 Å². The van der Waals surface area contributed by atoms with Crippen LogP contribution in [0.4, 0.5) is 0 Å². The van der Waals surface area contributed by atoms with E-state index in [2.05, 4.69) is 4.74 Å². The van der Waals surface area contributed by atoms with Crippen LogP contribution in [0.1, 0.15) is 16.9 Å². The zero-order valence-electron chi connectivity index (χ0n) is 12.9. The maximum Gasteiger partial charge on any atom is 0.329 e. The summed E-state index contributed by atoms with van der Waals surface area (Å²) in [5.74, 6) is -2.95. The molecular formula is C16H13ClO8. The van der Waals surface area contributed by atoms with Gasteiger partial charge in [-0.1, -0.05) is 11.6 Å². The number of esters is 1. The van der Waals surface area contributed by atoms with Gasteiger partial charge in [-0.15, -0.1) is 0 Å². The molecule has 3 N–H and O–H groups in total. The second-order valence-corrected chi connectivity index (χ2v) is 5.38. The van der Waals surface area contributed by atoms with E-state index in [-0.39, 0.29) is 27.9 Å². The normalized spacial score (nSPS) is 11.6. The molecule has 0 amide bonds. The summed E-state index contributed by atoms with van der Waals surface area (Å²) in [5, 5.41) is 27.4. The van der Waals surface area contributed by atoms with Crippen molar-refractivity contribution in [1.82, 2.24) is 0 Å². The Morgan fingerprint density at radius 2 is 2.04 bits per heavy atom. The Bertz CT molecular complexity index is 941. The lowest BCUT2D eigenvalue weighted by atomic mass is 10.0. The van der Waals surface area contributed by atoms with E-state index in [4.69, 9.17) is 21.1 Å². The third kappa shape index (κ3) is 3.81. The number of methoxy groups -OCH3 is 1. The molecule has 0 bridgehead atoms. The van der Waals surface area contributed by atoms with Crippen molar-refractivity contribution < 1.29 is 34.1 Å². The number of fused-ring (bicyclic) bond motifs is 1. The highest BCUT2D eigenvalue weighted by Gasteiger charge is 2.22. The van der Waals surface area contributed by atoms with E-state index in [9.17, 15) is 24.6 Å². The summed E-state index contributed by atoms with van der Waals surface area (Å²) in [6.07, 6.45) is 0.0666. The van der Waals surface area contributed by atoms with Gasteiger partial charge in [0.25, 0.3) is 0 Å². The fourth-order valence-corrected chi connectivity index (χ4v) is 2.47. The smallest absolute Gasteiger partial charge is 0.329 e. The lowest BCUT2D eigenvalue weighted by Gasteiger charge is -2.10. The average Bonchev–Trinajstić information content (AvgIpc) is 2.55. The first-order chi connectivity index (χ1) is 11.8. The summed E-state index contributed by atoms with van der Waals surface area (Å²) in [6, 6.07) is 2.47. The van der Waals surface area contributed by atoms with Gasteiger partial charge in [0.05, 0.1) is 30.7 Å². The molecule has 2 aromatic rings. The predicted octanol–water partition coefficient (Wildman–Crippen LogP) is 1.37. The minimum Gasteiger partial charge on any atom is -0.507 e. The van der Waals surface area contributed by atoms with E-state index >= 15 is 0 Å². The highest BCUT2D eigenvalue weighted by molar-refractivity contribution is 6.49. The molecule has 132 valence electrons. The molecule has 2 rings (SSSR count). The first-order valence-electron chi connectivity index (χ1n) is 6.88. The number of phenolic OH excluding ortho intramolecular Hbond substituents is 1. The van der Waals surface area contributed by atoms with Crippen LogP contribution in [0.5, 0.6) is 5.75 Å². The minimum atomic E-state index is -1.39. The van der Waals surface area contributed by atoms with E-state index in [0.717, 1.165) is 7.11 Å². The van der Waals surface area contributed by atoms with Crippen molar-refractivity contribution in [2.45, 2.75) is 13.0 Å². The van der Waals surface area contributed by atoms with Crippen LogP contribution in [0.25, 0.3) is 16.0 Å². The molecule has 0 fully saturated rings. The molecule has 0 atom stereocenters. The zero-order valence-corrected chi connectivity index (χ0v) is 13.7. The van der Waals surface area contributed by atoms with E-state index in [1.807, 2.05) is 0 Å². The maximum absolute atomic E-state index is 12.7. The third-order valence-electron chi connectivity index (χ3n) is 3.33. The van der Waals surface area contributed by atoms with Crippen molar-refractivity contribution in [2.75, 3.05) is 7.11 Å². The SMILES string of the molecule is COC(=O)Cc1c(/C(Cl)=C\C(=O)O)oc2cc(CO)cc(O)c2c1=O. The molecule has 0 aliphatic carbocycles. The second-order valence-electron chi connectivity index (χ2n) is 4.97. The number of hydrogen-bond acceptors (Lipinski definition) is 7. The summed E-state index contributed by atoms with van der Waals surface area (Å²) < 4.78 is 9.97. The van der Waals surface area contributed by atoms with Gasteiger partial charge in [-0.25, -0.2) is 4.79 Å². The van der Waals surface area contributed by atoms with Crippen molar-refractivity contribution in [3.63, 3.8) is 0 Å². The van der Waals surface area contributed by atoms with Crippen LogP contribution < -0.4 is 5.43 Å². The van der Waals surface area contributed by atoms with Gasteiger partial charge < -0.3 is 24.5 Å². The van der Waals surface area contributed by atoms with Gasteiger partial charge >= 0.3 is 11.9 Å². The molecule has 0 radical (unpaired) electrons. The van der Waals surface area contributed by atoms with E-state index in [1.165, 1.54) is 12.1 Å². The number of aromatic hydroxyl groups is 1. The number of rotatable bonds is 5. The van der Waals surface area contributed by atoms with Crippen LogP contribution in [0.2, 0.25) is 0 Å². The Morgan fingerprint density at radius 1 is 1.36 bits per heavy atom. The van der Waals surface area contributed by atoms with Crippen LogP contribution in [0, 0.1) is 0 Å². The molecule has 1 aromatic carbocycles. The summed E-state index contributed by atoms with van der Waals surface area (Å²) in [4.78, 5) is 35.1. The first-order valence-corrected chi connectivity index (χ1v) is 7.26. The topological polar surface area (TPSA) is 134 Å². The Balaban J connectivity index is 2.87. The number of carbonyl (C=O) groups excluding carboxylic acids is 1. The number of benzene rings is 1. The fraction of sp³-hybridized carbons (Fsp3) is 0.188. The van der Waals surface area contributed by atoms with E-state index in [0.29, 0.717) is 6.08 Å². The van der Waals surface area contributed by atoms with Crippen molar-refractivity contribution in [1.29, 1.82) is 0 Å². The van der Waals surface area contributed by atoms with Gasteiger partial charge in [-0.3, -0.25) is 9.59 Å². The molecular weight excluding hydrogens is 356 g/mol. The number of aliphatic hydroxyl groups is 1. The number of carboxylic acid groups (broad SMARTS) is 1. The van der Waals surface area contributed by atoms with Gasteiger partial charge in [0.2, 0.25) is 5.43 Å². The molecule has 0 saturated carbocycles. The van der Waals surface area contributed by atoms with E-state index < -0.39 is 41.2 Å². The average molecular weight is 369 g/mol. The number of halogens is 1. The number of ether oxygens (including phenoxy) is 1. The molecule has 8 nitrogen and oxygen atoms in total. The molecule has 1 aromatic heterocycles. The largest absolute Gasteiger partial charge is 0.507 e. The predicted molar refractivity (Wildman–Crippen MR) is 87.3 cm³/mol.